The van der Waals surface area contributed by atoms with Crippen molar-refractivity contribution in [3.8, 4) is 0 Å². The number of hydrogen-bond donors (Lipinski definition) is 1. The van der Waals surface area contributed by atoms with Gasteiger partial charge >= 0.3 is 0 Å². The minimum atomic E-state index is -0.400. The Morgan fingerprint density at radius 2 is 2.08 bits per heavy atom. The Bertz CT molecular complexity index is 951. The van der Waals surface area contributed by atoms with Crippen LogP contribution in [0.15, 0.2) is 34.6 Å². The molecule has 2 aliphatic rings. The highest BCUT2D eigenvalue weighted by Gasteiger charge is 2.42. The molecular formula is C18H18Cl2N4OS. The van der Waals surface area contributed by atoms with E-state index in [0.29, 0.717) is 27.6 Å². The van der Waals surface area contributed by atoms with Crippen LogP contribution in [0.4, 0.5) is 5.95 Å². The maximum atomic E-state index is 13.1. The molecule has 5 nitrogen and oxygen atoms in total. The Labute approximate surface area is 166 Å². The molecule has 1 aromatic carbocycles. The van der Waals surface area contributed by atoms with Crippen LogP contribution in [0.5, 0.6) is 0 Å². The number of nitrogens with one attached hydrogen (secondary N) is 1. The van der Waals surface area contributed by atoms with Crippen LogP contribution in [0.25, 0.3) is 0 Å². The summed E-state index contributed by atoms with van der Waals surface area (Å²) in [5, 5.41) is 9.64. The Kier molecular flexibility index (Phi) is 4.33. The minimum absolute atomic E-state index is 0.0955. The fourth-order valence-electron chi connectivity index (χ4n) is 3.69. The van der Waals surface area contributed by atoms with E-state index < -0.39 is 6.04 Å². The molecule has 2 heterocycles. The standard InChI is InChI=1S/C18H18Cl2N4OS/c1-18(2)7-12-14(13(25)8-18)15(10-5-4-9(19)6-11(10)20)24-16(21-12)22-17(23-24)26-3/h4-6,15H,7-8H2,1-3H3,(H,21,22,23). The second-order valence-corrected chi connectivity index (χ2v) is 9.01. The van der Waals surface area contributed by atoms with Crippen LogP contribution in [-0.4, -0.2) is 26.8 Å². The van der Waals surface area contributed by atoms with Gasteiger partial charge in [0.1, 0.15) is 6.04 Å². The molecule has 0 saturated carbocycles. The topological polar surface area (TPSA) is 59.8 Å². The van der Waals surface area contributed by atoms with E-state index in [2.05, 4.69) is 29.2 Å². The first-order chi connectivity index (χ1) is 12.3. The zero-order chi connectivity index (χ0) is 18.6. The predicted octanol–water partition coefficient (Wildman–Crippen LogP) is 4.96. The molecule has 0 spiro atoms. The van der Waals surface area contributed by atoms with Crippen molar-refractivity contribution in [1.29, 1.82) is 0 Å². The molecule has 1 aliphatic carbocycles. The molecule has 8 heteroatoms. The number of carbonyl (C=O) groups excluding carboxylic acids is 1. The van der Waals surface area contributed by atoms with E-state index in [1.165, 1.54) is 11.8 Å². The molecule has 0 bridgehead atoms. The van der Waals surface area contributed by atoms with Crippen LogP contribution in [0.3, 0.4) is 0 Å². The van der Waals surface area contributed by atoms with Gasteiger partial charge in [-0.05, 0) is 30.2 Å². The van der Waals surface area contributed by atoms with Crippen molar-refractivity contribution in [1.82, 2.24) is 14.8 Å². The maximum Gasteiger partial charge on any atom is 0.227 e. The molecule has 0 saturated heterocycles. The first-order valence-electron chi connectivity index (χ1n) is 8.28. The van der Waals surface area contributed by atoms with Crippen LogP contribution in [0.2, 0.25) is 10.0 Å². The van der Waals surface area contributed by atoms with Gasteiger partial charge in [-0.3, -0.25) is 4.79 Å². The molecular weight excluding hydrogens is 391 g/mol. The highest BCUT2D eigenvalue weighted by molar-refractivity contribution is 7.98. The van der Waals surface area contributed by atoms with Gasteiger partial charge in [0.2, 0.25) is 11.1 Å². The van der Waals surface area contributed by atoms with Gasteiger partial charge in [-0.15, -0.1) is 5.10 Å². The van der Waals surface area contributed by atoms with E-state index in [9.17, 15) is 4.79 Å². The third kappa shape index (κ3) is 2.94. The van der Waals surface area contributed by atoms with E-state index in [-0.39, 0.29) is 11.2 Å². The number of halogens is 2. The number of allylic oxidation sites excluding steroid dienone is 2. The normalized spacial score (nSPS) is 21.3. The van der Waals surface area contributed by atoms with Crippen LogP contribution >= 0.6 is 35.0 Å². The number of nitrogens with zero attached hydrogens (tertiary/aromatic N) is 3. The van der Waals surface area contributed by atoms with Crippen LogP contribution in [0.1, 0.15) is 38.3 Å². The summed E-state index contributed by atoms with van der Waals surface area (Å²) in [5.41, 5.74) is 2.34. The number of ketones is 1. The molecule has 1 aliphatic heterocycles. The number of rotatable bonds is 2. The lowest BCUT2D eigenvalue weighted by Gasteiger charge is -2.38. The van der Waals surface area contributed by atoms with Crippen molar-refractivity contribution in [2.75, 3.05) is 11.6 Å². The van der Waals surface area contributed by atoms with Crippen molar-refractivity contribution >= 4 is 46.7 Å². The summed E-state index contributed by atoms with van der Waals surface area (Å²) in [7, 11) is 0. The number of benzene rings is 1. The smallest absolute Gasteiger partial charge is 0.227 e. The van der Waals surface area contributed by atoms with Crippen molar-refractivity contribution in [3.05, 3.63) is 45.1 Å². The summed E-state index contributed by atoms with van der Waals surface area (Å²) >= 11 is 14.0. The van der Waals surface area contributed by atoms with Crippen molar-refractivity contribution in [2.45, 2.75) is 37.9 Å². The first kappa shape index (κ1) is 17.9. The lowest BCUT2D eigenvalue weighted by Crippen LogP contribution is -2.36. The largest absolute Gasteiger partial charge is 0.328 e. The van der Waals surface area contributed by atoms with Gasteiger partial charge in [0.25, 0.3) is 0 Å². The molecule has 2 aromatic rings. The van der Waals surface area contributed by atoms with E-state index in [1.54, 1.807) is 16.8 Å². The quantitative estimate of drug-likeness (QED) is 0.710. The molecule has 1 aromatic heterocycles. The number of Topliss-reactive ketones (excluding diaryl/α,β-unsaturated/α-hetero) is 1. The van der Waals surface area contributed by atoms with Gasteiger partial charge < -0.3 is 5.32 Å². The number of fused-ring (bicyclic) bond motifs is 1. The highest BCUT2D eigenvalue weighted by atomic mass is 35.5. The zero-order valence-corrected chi connectivity index (χ0v) is 17.0. The summed E-state index contributed by atoms with van der Waals surface area (Å²) in [6.07, 6.45) is 3.19. The number of carbonyl (C=O) groups is 1. The van der Waals surface area contributed by atoms with Gasteiger partial charge in [0, 0.05) is 33.3 Å². The van der Waals surface area contributed by atoms with Crippen LogP contribution in [0, 0.1) is 5.41 Å². The SMILES string of the molecule is CSc1nc2n(n1)C(c1ccc(Cl)cc1Cl)C1=C(CC(C)(C)CC1=O)N2. The molecule has 1 N–H and O–H groups in total. The van der Waals surface area contributed by atoms with E-state index in [0.717, 1.165) is 23.3 Å². The summed E-state index contributed by atoms with van der Waals surface area (Å²) in [5.74, 6) is 0.751. The van der Waals surface area contributed by atoms with Gasteiger partial charge in [-0.25, -0.2) is 4.68 Å². The summed E-state index contributed by atoms with van der Waals surface area (Å²) in [6.45, 7) is 4.21. The van der Waals surface area contributed by atoms with Gasteiger partial charge in [0.15, 0.2) is 5.78 Å². The maximum absolute atomic E-state index is 13.1. The predicted molar refractivity (Wildman–Crippen MR) is 105 cm³/mol. The second kappa shape index (κ2) is 6.29. The lowest BCUT2D eigenvalue weighted by molar-refractivity contribution is -0.118. The molecule has 1 unspecified atom stereocenters. The zero-order valence-electron chi connectivity index (χ0n) is 14.6. The third-order valence-electron chi connectivity index (χ3n) is 4.75. The summed E-state index contributed by atoms with van der Waals surface area (Å²) < 4.78 is 1.76. The van der Waals surface area contributed by atoms with Gasteiger partial charge in [0.05, 0.1) is 0 Å². The number of anilines is 1. The summed E-state index contributed by atoms with van der Waals surface area (Å²) in [4.78, 5) is 17.6. The molecule has 0 amide bonds. The van der Waals surface area contributed by atoms with Crippen molar-refractivity contribution in [3.63, 3.8) is 0 Å². The molecule has 136 valence electrons. The highest BCUT2D eigenvalue weighted by Crippen LogP contribution is 2.46. The van der Waals surface area contributed by atoms with Crippen molar-refractivity contribution in [2.24, 2.45) is 5.41 Å². The number of hydrogen-bond acceptors (Lipinski definition) is 5. The number of aromatic nitrogens is 3. The monoisotopic (exact) mass is 408 g/mol. The Morgan fingerprint density at radius 3 is 2.77 bits per heavy atom. The Morgan fingerprint density at radius 1 is 1.31 bits per heavy atom. The molecule has 1 atom stereocenters. The van der Waals surface area contributed by atoms with Gasteiger partial charge in [-0.1, -0.05) is 54.9 Å². The van der Waals surface area contributed by atoms with Crippen molar-refractivity contribution < 1.29 is 4.79 Å². The van der Waals surface area contributed by atoms with Gasteiger partial charge in [-0.2, -0.15) is 4.98 Å². The fraction of sp³-hybridized carbons (Fsp3) is 0.389. The number of thioether (sulfide) groups is 1. The average molecular weight is 409 g/mol. The molecule has 0 radical (unpaired) electrons. The first-order valence-corrected chi connectivity index (χ1v) is 10.3. The van der Waals surface area contributed by atoms with E-state index in [1.807, 2.05) is 12.3 Å². The fourth-order valence-corrected chi connectivity index (χ4v) is 4.55. The average Bonchev–Trinajstić information content (AvgIpc) is 2.95. The molecule has 26 heavy (non-hydrogen) atoms. The second-order valence-electron chi connectivity index (χ2n) is 7.39. The van der Waals surface area contributed by atoms with Crippen LogP contribution in [-0.2, 0) is 4.79 Å². The summed E-state index contributed by atoms with van der Waals surface area (Å²) in [6, 6.07) is 4.95. The Hall–Kier alpha value is -1.50. The lowest BCUT2D eigenvalue weighted by atomic mass is 9.73. The third-order valence-corrected chi connectivity index (χ3v) is 5.85. The van der Waals surface area contributed by atoms with E-state index >= 15 is 0 Å². The Balaban J connectivity index is 1.94. The molecule has 4 rings (SSSR count). The molecule has 0 fully saturated rings. The minimum Gasteiger partial charge on any atom is -0.328 e. The van der Waals surface area contributed by atoms with Crippen LogP contribution < -0.4 is 5.32 Å². The van der Waals surface area contributed by atoms with E-state index in [4.69, 9.17) is 23.2 Å².